The molecule has 0 radical (unpaired) electrons. The topological polar surface area (TPSA) is 28.0 Å². The van der Waals surface area contributed by atoms with Crippen molar-refractivity contribution in [2.75, 3.05) is 6.54 Å². The largest absolute Gasteiger partial charge is 0.272 e. The van der Waals surface area contributed by atoms with Crippen LogP contribution in [0.4, 0.5) is 0 Å². The second-order valence-corrected chi connectivity index (χ2v) is 3.76. The van der Waals surface area contributed by atoms with Gasteiger partial charge < -0.3 is 0 Å². The first-order valence-electron chi connectivity index (χ1n) is 4.85. The smallest absolute Gasteiger partial charge is 0.137 e. The lowest BCUT2D eigenvalue weighted by Gasteiger charge is -2.23. The first kappa shape index (κ1) is 6.63. The molecule has 0 aromatic heterocycles. The van der Waals surface area contributed by atoms with Crippen LogP contribution in [0.5, 0.6) is 0 Å². The van der Waals surface area contributed by atoms with Gasteiger partial charge in [0.15, 0.2) is 0 Å². The minimum absolute atomic E-state index is 0.404. The van der Waals surface area contributed by atoms with Crippen LogP contribution in [-0.2, 0) is 0 Å². The van der Waals surface area contributed by atoms with Gasteiger partial charge in [-0.1, -0.05) is 0 Å². The highest BCUT2D eigenvalue weighted by atomic mass is 15.5. The van der Waals surface area contributed by atoms with Crippen molar-refractivity contribution < 1.29 is 0 Å². The summed E-state index contributed by atoms with van der Waals surface area (Å²) < 4.78 is 0. The predicted octanol–water partition coefficient (Wildman–Crippen LogP) is 1.40. The molecular weight excluding hydrogens is 150 g/mol. The molecule has 3 rings (SSSR count). The maximum absolute atomic E-state index is 4.72. The summed E-state index contributed by atoms with van der Waals surface area (Å²) in [5, 5.41) is 6.80. The Morgan fingerprint density at radius 2 is 2.08 bits per heavy atom. The monoisotopic (exact) mass is 163 g/mol. The number of hydrazone groups is 1. The van der Waals surface area contributed by atoms with Gasteiger partial charge in [0.2, 0.25) is 0 Å². The van der Waals surface area contributed by atoms with Crippen molar-refractivity contribution in [2.24, 2.45) is 10.1 Å². The average molecular weight is 163 g/mol. The number of hydrogen-bond donors (Lipinski definition) is 0. The quantitative estimate of drug-likeness (QED) is 0.530. The number of hydrogen-bond acceptors (Lipinski definition) is 3. The summed E-state index contributed by atoms with van der Waals surface area (Å²) in [7, 11) is 0. The van der Waals surface area contributed by atoms with E-state index in [1.807, 2.05) is 0 Å². The summed E-state index contributed by atoms with van der Waals surface area (Å²) in [5.74, 6) is 0. The third-order valence-corrected chi connectivity index (χ3v) is 2.91. The third-order valence-electron chi connectivity index (χ3n) is 2.91. The zero-order valence-electron chi connectivity index (χ0n) is 7.16. The predicted molar refractivity (Wildman–Crippen MR) is 48.4 cm³/mol. The molecule has 64 valence electrons. The van der Waals surface area contributed by atoms with Crippen LogP contribution in [0, 0.1) is 0 Å². The van der Waals surface area contributed by atoms with Crippen molar-refractivity contribution in [3.05, 3.63) is 0 Å². The Bertz CT molecular complexity index is 241. The summed E-state index contributed by atoms with van der Waals surface area (Å²) in [6.07, 6.45) is 6.46. The van der Waals surface area contributed by atoms with E-state index >= 15 is 0 Å². The fourth-order valence-electron chi connectivity index (χ4n) is 2.28. The van der Waals surface area contributed by atoms with E-state index in [0.717, 1.165) is 13.0 Å². The van der Waals surface area contributed by atoms with E-state index in [1.165, 1.54) is 37.1 Å². The molecule has 0 spiro atoms. The number of fused-ring (bicyclic) bond motifs is 2. The van der Waals surface area contributed by atoms with Gasteiger partial charge in [-0.3, -0.25) is 10.0 Å². The summed E-state index contributed by atoms with van der Waals surface area (Å²) in [6.45, 7) is 1.12. The average Bonchev–Trinajstić information content (AvgIpc) is 2.64. The Morgan fingerprint density at radius 3 is 3.08 bits per heavy atom. The zero-order valence-corrected chi connectivity index (χ0v) is 7.16. The Balaban J connectivity index is 1.97. The van der Waals surface area contributed by atoms with Gasteiger partial charge in [-0.25, -0.2) is 0 Å². The van der Waals surface area contributed by atoms with Crippen LogP contribution in [0.3, 0.4) is 0 Å². The lowest BCUT2D eigenvalue weighted by molar-refractivity contribution is 0.271. The van der Waals surface area contributed by atoms with Crippen LogP contribution in [0.1, 0.15) is 32.1 Å². The molecule has 1 saturated heterocycles. The Hall–Kier alpha value is -0.860. The second-order valence-electron chi connectivity index (χ2n) is 3.76. The Labute approximate surface area is 72.2 Å². The zero-order chi connectivity index (χ0) is 7.97. The van der Waals surface area contributed by atoms with Crippen LogP contribution in [0.2, 0.25) is 0 Å². The molecule has 3 aliphatic rings. The van der Waals surface area contributed by atoms with E-state index in [0.29, 0.717) is 6.17 Å². The summed E-state index contributed by atoms with van der Waals surface area (Å²) >= 11 is 0. The van der Waals surface area contributed by atoms with E-state index in [4.69, 9.17) is 4.99 Å². The first-order valence-corrected chi connectivity index (χ1v) is 4.85. The van der Waals surface area contributed by atoms with Crippen molar-refractivity contribution in [1.29, 1.82) is 0 Å². The van der Waals surface area contributed by atoms with E-state index in [-0.39, 0.29) is 0 Å². The van der Waals surface area contributed by atoms with Gasteiger partial charge in [0.1, 0.15) is 6.17 Å². The standard InChI is InChI=1S/C9H13N3/c1-3-7-8(4-1)11-12-6-2-5-9(12)10-7/h9H,1-6H2. The van der Waals surface area contributed by atoms with E-state index < -0.39 is 0 Å². The van der Waals surface area contributed by atoms with Gasteiger partial charge in [-0.15, -0.1) is 0 Å². The maximum Gasteiger partial charge on any atom is 0.137 e. The SMILES string of the molecule is C1CC2=NC3CCCN3N=C2C1. The molecule has 1 unspecified atom stereocenters. The van der Waals surface area contributed by atoms with Crippen LogP contribution >= 0.6 is 0 Å². The number of aliphatic imine (C=N–C) groups is 1. The molecule has 3 nitrogen and oxygen atoms in total. The lowest BCUT2D eigenvalue weighted by atomic mass is 10.2. The summed E-state index contributed by atoms with van der Waals surface area (Å²) in [6, 6.07) is 0. The van der Waals surface area contributed by atoms with Crippen molar-refractivity contribution in [3.8, 4) is 0 Å². The minimum atomic E-state index is 0.404. The van der Waals surface area contributed by atoms with Crippen LogP contribution in [-0.4, -0.2) is 29.1 Å². The molecule has 0 aromatic rings. The molecule has 2 heterocycles. The third kappa shape index (κ3) is 0.822. The van der Waals surface area contributed by atoms with Gasteiger partial charge >= 0.3 is 0 Å². The van der Waals surface area contributed by atoms with Crippen molar-refractivity contribution in [1.82, 2.24) is 5.01 Å². The molecule has 0 bridgehead atoms. The molecular formula is C9H13N3. The summed E-state index contributed by atoms with van der Waals surface area (Å²) in [5.41, 5.74) is 2.58. The molecule has 2 aliphatic heterocycles. The van der Waals surface area contributed by atoms with E-state index in [9.17, 15) is 0 Å². The van der Waals surface area contributed by atoms with Crippen molar-refractivity contribution in [2.45, 2.75) is 38.3 Å². The summed E-state index contributed by atoms with van der Waals surface area (Å²) in [4.78, 5) is 4.72. The van der Waals surface area contributed by atoms with Gasteiger partial charge in [0.25, 0.3) is 0 Å². The fraction of sp³-hybridized carbons (Fsp3) is 0.778. The Kier molecular flexibility index (Phi) is 1.28. The highest BCUT2D eigenvalue weighted by Gasteiger charge is 2.30. The van der Waals surface area contributed by atoms with E-state index in [2.05, 4.69) is 10.1 Å². The molecule has 0 aromatic carbocycles. The molecule has 12 heavy (non-hydrogen) atoms. The molecule has 1 atom stereocenters. The van der Waals surface area contributed by atoms with Crippen molar-refractivity contribution >= 4 is 11.4 Å². The van der Waals surface area contributed by atoms with Gasteiger partial charge in [0, 0.05) is 6.54 Å². The highest BCUT2D eigenvalue weighted by Crippen LogP contribution is 2.26. The fourth-order valence-corrected chi connectivity index (χ4v) is 2.28. The normalized spacial score (nSPS) is 32.7. The highest BCUT2D eigenvalue weighted by molar-refractivity contribution is 6.44. The first-order chi connectivity index (χ1) is 5.93. The van der Waals surface area contributed by atoms with E-state index in [1.54, 1.807) is 0 Å². The maximum atomic E-state index is 4.72. The lowest BCUT2D eigenvalue weighted by Crippen LogP contribution is -2.30. The van der Waals surface area contributed by atoms with Crippen molar-refractivity contribution in [3.63, 3.8) is 0 Å². The van der Waals surface area contributed by atoms with Gasteiger partial charge in [0.05, 0.1) is 11.4 Å². The molecule has 0 N–H and O–H groups in total. The van der Waals surface area contributed by atoms with Crippen LogP contribution in [0.25, 0.3) is 0 Å². The van der Waals surface area contributed by atoms with Gasteiger partial charge in [-0.2, -0.15) is 5.10 Å². The number of rotatable bonds is 0. The van der Waals surface area contributed by atoms with Gasteiger partial charge in [-0.05, 0) is 32.1 Å². The minimum Gasteiger partial charge on any atom is -0.272 e. The molecule has 3 heteroatoms. The van der Waals surface area contributed by atoms with Crippen LogP contribution < -0.4 is 0 Å². The molecule has 1 aliphatic carbocycles. The molecule has 1 saturated carbocycles. The molecule has 0 amide bonds. The molecule has 2 fully saturated rings. The number of nitrogens with zero attached hydrogens (tertiary/aromatic N) is 3. The van der Waals surface area contributed by atoms with Crippen LogP contribution in [0.15, 0.2) is 10.1 Å². The second kappa shape index (κ2) is 2.31. The Morgan fingerprint density at radius 1 is 1.17 bits per heavy atom.